The molecule has 0 radical (unpaired) electrons. The van der Waals surface area contributed by atoms with Crippen LogP contribution in [0.25, 0.3) is 0 Å². The third-order valence-electron chi connectivity index (χ3n) is 3.38. The highest BCUT2D eigenvalue weighted by Crippen LogP contribution is 2.13. The first-order valence-corrected chi connectivity index (χ1v) is 8.63. The number of anilines is 1. The van der Waals surface area contributed by atoms with Crippen LogP contribution in [0, 0.1) is 0 Å². The van der Waals surface area contributed by atoms with Crippen molar-refractivity contribution in [1.82, 2.24) is 5.43 Å². The van der Waals surface area contributed by atoms with Crippen LogP contribution in [0.3, 0.4) is 0 Å². The molecule has 0 saturated carbocycles. The topological polar surface area (TPSA) is 62.7 Å². The second kappa shape index (κ2) is 10.4. The van der Waals surface area contributed by atoms with Crippen LogP contribution >= 0.6 is 11.6 Å². The number of hydrazone groups is 1. The molecule has 0 unspecified atom stereocenters. The van der Waals surface area contributed by atoms with E-state index in [9.17, 15) is 4.79 Å². The highest BCUT2D eigenvalue weighted by molar-refractivity contribution is 6.30. The number of urea groups is 1. The highest BCUT2D eigenvalue weighted by atomic mass is 35.5. The van der Waals surface area contributed by atoms with Gasteiger partial charge in [0.05, 0.1) is 12.8 Å². The van der Waals surface area contributed by atoms with Crippen molar-refractivity contribution in [2.75, 3.05) is 11.9 Å². The SMILES string of the molecule is CCCCCOc1ccc(/C=N\NC(=O)Nc2ccc(Cl)cc2)cc1. The molecule has 0 saturated heterocycles. The maximum atomic E-state index is 11.7. The molecule has 0 aliphatic heterocycles. The van der Waals surface area contributed by atoms with Crippen LogP contribution in [0.4, 0.5) is 10.5 Å². The summed E-state index contributed by atoms with van der Waals surface area (Å²) in [6, 6.07) is 14.0. The zero-order valence-electron chi connectivity index (χ0n) is 14.2. The van der Waals surface area contributed by atoms with Gasteiger partial charge in [0.15, 0.2) is 0 Å². The number of amides is 2. The summed E-state index contributed by atoms with van der Waals surface area (Å²) in [6.45, 7) is 2.89. The molecule has 0 spiro atoms. The number of hydrogen-bond acceptors (Lipinski definition) is 3. The molecule has 2 N–H and O–H groups in total. The Labute approximate surface area is 153 Å². The minimum Gasteiger partial charge on any atom is -0.494 e. The molecule has 6 heteroatoms. The zero-order chi connectivity index (χ0) is 17.9. The molecule has 5 nitrogen and oxygen atoms in total. The quantitative estimate of drug-likeness (QED) is 0.393. The van der Waals surface area contributed by atoms with Crippen LogP contribution in [0.2, 0.25) is 5.02 Å². The zero-order valence-corrected chi connectivity index (χ0v) is 14.9. The first-order chi connectivity index (χ1) is 12.2. The van der Waals surface area contributed by atoms with Crippen molar-refractivity contribution in [3.05, 3.63) is 59.1 Å². The number of ether oxygens (including phenoxy) is 1. The summed E-state index contributed by atoms with van der Waals surface area (Å²) in [5, 5.41) is 7.19. The number of benzene rings is 2. The maximum Gasteiger partial charge on any atom is 0.339 e. The summed E-state index contributed by atoms with van der Waals surface area (Å²) < 4.78 is 5.65. The van der Waals surface area contributed by atoms with Crippen LogP contribution < -0.4 is 15.5 Å². The molecule has 0 fully saturated rings. The van der Waals surface area contributed by atoms with Gasteiger partial charge in [-0.25, -0.2) is 10.2 Å². The third-order valence-corrected chi connectivity index (χ3v) is 3.63. The van der Waals surface area contributed by atoms with Gasteiger partial charge in [-0.15, -0.1) is 0 Å². The normalized spacial score (nSPS) is 10.6. The molecular formula is C19H22ClN3O2. The molecule has 2 amide bonds. The van der Waals surface area contributed by atoms with Crippen LogP contribution in [-0.2, 0) is 0 Å². The van der Waals surface area contributed by atoms with E-state index in [2.05, 4.69) is 22.8 Å². The monoisotopic (exact) mass is 359 g/mol. The van der Waals surface area contributed by atoms with Gasteiger partial charge in [0.25, 0.3) is 0 Å². The van der Waals surface area contributed by atoms with Gasteiger partial charge in [-0.2, -0.15) is 5.10 Å². The summed E-state index contributed by atoms with van der Waals surface area (Å²) in [5.41, 5.74) is 3.92. The van der Waals surface area contributed by atoms with E-state index in [4.69, 9.17) is 16.3 Å². The number of nitrogens with zero attached hydrogens (tertiary/aromatic N) is 1. The van der Waals surface area contributed by atoms with E-state index in [-0.39, 0.29) is 0 Å². The Bertz CT molecular complexity index is 685. The van der Waals surface area contributed by atoms with E-state index >= 15 is 0 Å². The van der Waals surface area contributed by atoms with Crippen LogP contribution in [-0.4, -0.2) is 18.9 Å². The number of carbonyl (C=O) groups excluding carboxylic acids is 1. The van der Waals surface area contributed by atoms with Crippen molar-refractivity contribution < 1.29 is 9.53 Å². The van der Waals surface area contributed by atoms with Gasteiger partial charge in [-0.3, -0.25) is 0 Å². The number of hydrogen-bond donors (Lipinski definition) is 2. The van der Waals surface area contributed by atoms with Gasteiger partial charge in [0.2, 0.25) is 0 Å². The van der Waals surface area contributed by atoms with E-state index in [1.807, 2.05) is 24.3 Å². The summed E-state index contributed by atoms with van der Waals surface area (Å²) in [6.07, 6.45) is 4.99. The summed E-state index contributed by atoms with van der Waals surface area (Å²) >= 11 is 5.79. The standard InChI is InChI=1S/C19H22ClN3O2/c1-2-3-4-13-25-18-11-5-15(6-12-18)14-21-23-19(24)22-17-9-7-16(20)8-10-17/h5-12,14H,2-4,13H2,1H3,(H2,22,23,24)/b21-14-. The molecule has 0 aromatic heterocycles. The van der Waals surface area contributed by atoms with Gasteiger partial charge < -0.3 is 10.1 Å². The lowest BCUT2D eigenvalue weighted by Gasteiger charge is -2.05. The molecule has 2 aromatic rings. The summed E-state index contributed by atoms with van der Waals surface area (Å²) in [4.78, 5) is 11.7. The largest absolute Gasteiger partial charge is 0.494 e. The van der Waals surface area contributed by atoms with Gasteiger partial charge in [-0.05, 0) is 60.5 Å². The molecule has 0 bridgehead atoms. The molecule has 2 rings (SSSR count). The maximum absolute atomic E-state index is 11.7. The third kappa shape index (κ3) is 7.27. The van der Waals surface area contributed by atoms with E-state index in [0.717, 1.165) is 24.3 Å². The van der Waals surface area contributed by atoms with Crippen LogP contribution in [0.5, 0.6) is 5.75 Å². The van der Waals surface area contributed by atoms with Crippen molar-refractivity contribution in [3.63, 3.8) is 0 Å². The van der Waals surface area contributed by atoms with Gasteiger partial charge >= 0.3 is 6.03 Å². The van der Waals surface area contributed by atoms with Gasteiger partial charge in [-0.1, -0.05) is 31.4 Å². The van der Waals surface area contributed by atoms with E-state index in [1.165, 1.54) is 12.8 Å². The van der Waals surface area contributed by atoms with Crippen molar-refractivity contribution >= 4 is 29.5 Å². The fourth-order valence-corrected chi connectivity index (χ4v) is 2.18. The first kappa shape index (κ1) is 18.8. The Hall–Kier alpha value is -2.53. The average molecular weight is 360 g/mol. The molecule has 0 aliphatic rings. The minimum absolute atomic E-state index is 0.422. The fraction of sp³-hybridized carbons (Fsp3) is 0.263. The minimum atomic E-state index is -0.422. The number of unbranched alkanes of at least 4 members (excludes halogenated alkanes) is 2. The molecular weight excluding hydrogens is 338 g/mol. The van der Waals surface area contributed by atoms with Gasteiger partial charge in [0.1, 0.15) is 5.75 Å². The number of nitrogens with one attached hydrogen (secondary N) is 2. The highest BCUT2D eigenvalue weighted by Gasteiger charge is 1.99. The van der Waals surface area contributed by atoms with E-state index in [1.54, 1.807) is 30.5 Å². The van der Waals surface area contributed by atoms with Crippen molar-refractivity contribution in [3.8, 4) is 5.75 Å². The predicted octanol–water partition coefficient (Wildman–Crippen LogP) is 5.06. The molecule has 0 atom stereocenters. The Morgan fingerprint density at radius 3 is 2.52 bits per heavy atom. The van der Waals surface area contributed by atoms with Crippen molar-refractivity contribution in [2.45, 2.75) is 26.2 Å². The molecule has 0 heterocycles. The smallest absolute Gasteiger partial charge is 0.339 e. The molecule has 2 aromatic carbocycles. The second-order valence-electron chi connectivity index (χ2n) is 5.46. The van der Waals surface area contributed by atoms with Crippen molar-refractivity contribution in [2.24, 2.45) is 5.10 Å². The number of halogens is 1. The second-order valence-corrected chi connectivity index (χ2v) is 5.89. The lowest BCUT2D eigenvalue weighted by Crippen LogP contribution is -2.24. The van der Waals surface area contributed by atoms with Crippen LogP contribution in [0.1, 0.15) is 31.7 Å². The van der Waals surface area contributed by atoms with Crippen LogP contribution in [0.15, 0.2) is 53.6 Å². The lowest BCUT2D eigenvalue weighted by molar-refractivity contribution is 0.252. The van der Waals surface area contributed by atoms with Crippen molar-refractivity contribution in [1.29, 1.82) is 0 Å². The first-order valence-electron chi connectivity index (χ1n) is 8.26. The van der Waals surface area contributed by atoms with E-state index < -0.39 is 6.03 Å². The van der Waals surface area contributed by atoms with E-state index in [0.29, 0.717) is 10.7 Å². The Morgan fingerprint density at radius 1 is 1.12 bits per heavy atom. The Kier molecular flexibility index (Phi) is 7.79. The number of carbonyl (C=O) groups is 1. The fourth-order valence-electron chi connectivity index (χ4n) is 2.05. The van der Waals surface area contributed by atoms with Gasteiger partial charge in [0, 0.05) is 10.7 Å². The predicted molar refractivity (Wildman–Crippen MR) is 103 cm³/mol. The Balaban J connectivity index is 1.75. The molecule has 25 heavy (non-hydrogen) atoms. The summed E-state index contributed by atoms with van der Waals surface area (Å²) in [5.74, 6) is 0.835. The summed E-state index contributed by atoms with van der Waals surface area (Å²) in [7, 11) is 0. The molecule has 0 aliphatic carbocycles. The average Bonchev–Trinajstić information content (AvgIpc) is 2.62. The Morgan fingerprint density at radius 2 is 1.84 bits per heavy atom. The number of rotatable bonds is 8. The lowest BCUT2D eigenvalue weighted by atomic mass is 10.2. The molecule has 132 valence electrons.